The molecule has 0 N–H and O–H groups in total. The van der Waals surface area contributed by atoms with Gasteiger partial charge in [0.1, 0.15) is 5.75 Å². The van der Waals surface area contributed by atoms with Crippen LogP contribution in [0.15, 0.2) is 40.9 Å². The van der Waals surface area contributed by atoms with Gasteiger partial charge in [-0.15, -0.1) is 0 Å². The molecule has 2 heterocycles. The Morgan fingerprint density at radius 1 is 1.26 bits per heavy atom. The van der Waals surface area contributed by atoms with Crippen molar-refractivity contribution in [2.45, 2.75) is 25.0 Å². The Hall–Kier alpha value is -2.54. The number of nitro benzene ring substituents is 1. The highest BCUT2D eigenvalue weighted by Gasteiger charge is 2.58. The van der Waals surface area contributed by atoms with E-state index in [1.165, 1.54) is 6.07 Å². The lowest BCUT2D eigenvalue weighted by Crippen LogP contribution is -2.58. The van der Waals surface area contributed by atoms with Crippen molar-refractivity contribution in [2.75, 3.05) is 19.1 Å². The molecule has 0 unspecified atom stereocenters. The van der Waals surface area contributed by atoms with E-state index >= 15 is 0 Å². The summed E-state index contributed by atoms with van der Waals surface area (Å²) in [5, 5.41) is 11.6. The Morgan fingerprint density at radius 2 is 2.00 bits per heavy atom. The molecule has 27 heavy (non-hydrogen) atoms. The minimum absolute atomic E-state index is 0.0548. The van der Waals surface area contributed by atoms with Crippen molar-refractivity contribution in [2.24, 2.45) is 0 Å². The molecule has 0 saturated carbocycles. The number of fused-ring (bicyclic) bond motifs is 2. The van der Waals surface area contributed by atoms with Crippen LogP contribution < -0.4 is 14.4 Å². The lowest BCUT2D eigenvalue weighted by Gasteiger charge is -2.45. The van der Waals surface area contributed by atoms with Crippen molar-refractivity contribution in [1.29, 1.82) is 0 Å². The average Bonchev–Trinajstić information content (AvgIpc) is 2.79. The number of halogens is 1. The highest BCUT2D eigenvalue weighted by Crippen LogP contribution is 2.56. The van der Waals surface area contributed by atoms with Gasteiger partial charge in [0.05, 0.1) is 17.4 Å². The Labute approximate surface area is 165 Å². The number of anilines is 1. The van der Waals surface area contributed by atoms with E-state index in [0.717, 1.165) is 17.0 Å². The normalized spacial score (nSPS) is 21.6. The van der Waals surface area contributed by atoms with Crippen LogP contribution in [0.1, 0.15) is 25.0 Å². The molecule has 6 nitrogen and oxygen atoms in total. The second-order valence-corrected chi connectivity index (χ2v) is 8.21. The Balaban J connectivity index is 1.91. The highest BCUT2D eigenvalue weighted by atomic mass is 79.9. The van der Waals surface area contributed by atoms with E-state index in [1.54, 1.807) is 7.11 Å². The molecule has 4 rings (SSSR count). The molecule has 0 radical (unpaired) electrons. The molecule has 0 aliphatic carbocycles. The number of methoxy groups -OCH3 is 1. The Morgan fingerprint density at radius 3 is 2.67 bits per heavy atom. The maximum absolute atomic E-state index is 11.6. The van der Waals surface area contributed by atoms with Gasteiger partial charge in [-0.2, -0.15) is 0 Å². The number of hydrogen-bond acceptors (Lipinski definition) is 5. The lowest BCUT2D eigenvalue weighted by molar-refractivity contribution is -0.386. The van der Waals surface area contributed by atoms with E-state index < -0.39 is 16.1 Å². The smallest absolute Gasteiger partial charge is 0.312 e. The maximum atomic E-state index is 11.6. The molecule has 0 fully saturated rings. The third-order valence-corrected chi connectivity index (χ3v) is 6.10. The predicted octanol–water partition coefficient (Wildman–Crippen LogP) is 4.90. The van der Waals surface area contributed by atoms with Crippen LogP contribution in [0.25, 0.3) is 6.08 Å². The first-order valence-electron chi connectivity index (χ1n) is 8.50. The number of hydrogen-bond donors (Lipinski definition) is 0. The van der Waals surface area contributed by atoms with Crippen molar-refractivity contribution >= 4 is 33.4 Å². The van der Waals surface area contributed by atoms with Gasteiger partial charge in [-0.05, 0) is 55.8 Å². The van der Waals surface area contributed by atoms with Gasteiger partial charge in [-0.3, -0.25) is 10.1 Å². The van der Waals surface area contributed by atoms with Crippen LogP contribution in [-0.4, -0.2) is 24.8 Å². The van der Waals surface area contributed by atoms with Crippen LogP contribution in [0.4, 0.5) is 11.4 Å². The van der Waals surface area contributed by atoms with Crippen LogP contribution >= 0.6 is 15.9 Å². The van der Waals surface area contributed by atoms with E-state index in [1.807, 2.05) is 48.4 Å². The minimum atomic E-state index is -0.882. The molecule has 0 aromatic heterocycles. The first-order chi connectivity index (χ1) is 12.7. The van der Waals surface area contributed by atoms with Crippen molar-refractivity contribution in [3.63, 3.8) is 0 Å². The first-order valence-corrected chi connectivity index (χ1v) is 9.29. The average molecular weight is 431 g/mol. The van der Waals surface area contributed by atoms with Gasteiger partial charge in [-0.25, -0.2) is 0 Å². The molecule has 2 aliphatic heterocycles. The fourth-order valence-corrected chi connectivity index (χ4v) is 4.57. The van der Waals surface area contributed by atoms with Crippen LogP contribution in [-0.2, 0) is 5.41 Å². The highest BCUT2D eigenvalue weighted by molar-refractivity contribution is 9.10. The molecular weight excluding hydrogens is 412 g/mol. The fourth-order valence-electron chi connectivity index (χ4n) is 4.11. The second kappa shape index (κ2) is 5.73. The summed E-state index contributed by atoms with van der Waals surface area (Å²) in [4.78, 5) is 13.3. The largest absolute Gasteiger partial charge is 0.497 e. The van der Waals surface area contributed by atoms with Gasteiger partial charge in [0.15, 0.2) is 0 Å². The van der Waals surface area contributed by atoms with Crippen molar-refractivity contribution in [3.05, 3.63) is 62.1 Å². The molecule has 0 bridgehead atoms. The van der Waals surface area contributed by atoms with Gasteiger partial charge >= 0.3 is 5.69 Å². The molecule has 1 spiro atoms. The number of nitro groups is 1. The summed E-state index contributed by atoms with van der Waals surface area (Å²) in [6, 6.07) is 9.20. The van der Waals surface area contributed by atoms with Gasteiger partial charge < -0.3 is 14.4 Å². The summed E-state index contributed by atoms with van der Waals surface area (Å²) < 4.78 is 12.5. The molecule has 140 valence electrons. The molecule has 2 aliphatic rings. The van der Waals surface area contributed by atoms with Crippen LogP contribution in [0, 0.1) is 10.1 Å². The van der Waals surface area contributed by atoms with Gasteiger partial charge in [-0.1, -0.05) is 15.9 Å². The van der Waals surface area contributed by atoms with E-state index in [9.17, 15) is 10.1 Å². The SMILES string of the molecule is COc1ccc2c(c1)C(C)(C)[C@]1(C=Cc3cc(Br)cc([N+](=O)[O-])c3O1)N2C. The van der Waals surface area contributed by atoms with Crippen molar-refractivity contribution in [1.82, 2.24) is 0 Å². The number of rotatable bonds is 2. The van der Waals surface area contributed by atoms with Gasteiger partial charge in [0.2, 0.25) is 11.5 Å². The molecule has 0 saturated heterocycles. The van der Waals surface area contributed by atoms with Gasteiger partial charge in [0, 0.05) is 28.8 Å². The minimum Gasteiger partial charge on any atom is -0.497 e. The molecule has 2 aromatic carbocycles. The lowest BCUT2D eigenvalue weighted by atomic mass is 9.76. The molecule has 7 heteroatoms. The Kier molecular flexibility index (Phi) is 3.79. The standard InChI is InChI=1S/C20H19BrN2O4/c1-19(2)15-11-14(26-4)5-6-16(15)22(3)20(19)8-7-12-9-13(21)10-17(23(24)25)18(12)27-20/h5-11H,1-4H3/t20-/m1/s1. The summed E-state index contributed by atoms with van der Waals surface area (Å²) in [6.45, 7) is 4.16. The van der Waals surface area contributed by atoms with Crippen LogP contribution in [0.5, 0.6) is 11.5 Å². The summed E-state index contributed by atoms with van der Waals surface area (Å²) in [5.74, 6) is 1.05. The third-order valence-electron chi connectivity index (χ3n) is 5.64. The molecule has 1 atom stereocenters. The third kappa shape index (κ3) is 2.31. The summed E-state index contributed by atoms with van der Waals surface area (Å²) in [5.41, 5.74) is 1.35. The van der Waals surface area contributed by atoms with E-state index in [-0.39, 0.29) is 11.4 Å². The van der Waals surface area contributed by atoms with Crippen LogP contribution in [0.3, 0.4) is 0 Å². The molecular formula is C20H19BrN2O4. The second-order valence-electron chi connectivity index (χ2n) is 7.30. The zero-order valence-corrected chi connectivity index (χ0v) is 17.0. The summed E-state index contributed by atoms with van der Waals surface area (Å²) in [7, 11) is 3.58. The van der Waals surface area contributed by atoms with Crippen molar-refractivity contribution in [3.8, 4) is 11.5 Å². The van der Waals surface area contributed by atoms with Crippen LogP contribution in [0.2, 0.25) is 0 Å². The number of ether oxygens (including phenoxy) is 2. The monoisotopic (exact) mass is 430 g/mol. The van der Waals surface area contributed by atoms with E-state index in [2.05, 4.69) is 29.8 Å². The molecule has 0 amide bonds. The quantitative estimate of drug-likeness (QED) is 0.500. The summed E-state index contributed by atoms with van der Waals surface area (Å²) in [6.07, 6.45) is 3.88. The molecule has 2 aromatic rings. The van der Waals surface area contributed by atoms with Crippen molar-refractivity contribution < 1.29 is 14.4 Å². The van der Waals surface area contributed by atoms with E-state index in [0.29, 0.717) is 10.0 Å². The Bertz CT molecular complexity index is 1000. The number of benzene rings is 2. The predicted molar refractivity (Wildman–Crippen MR) is 108 cm³/mol. The number of nitrogens with zero attached hydrogens (tertiary/aromatic N) is 2. The first kappa shape index (κ1) is 17.9. The van der Waals surface area contributed by atoms with E-state index in [4.69, 9.17) is 9.47 Å². The maximum Gasteiger partial charge on any atom is 0.312 e. The number of likely N-dealkylation sites (N-methyl/N-ethyl adjacent to an activating group) is 1. The van der Waals surface area contributed by atoms with Gasteiger partial charge in [0.25, 0.3) is 0 Å². The topological polar surface area (TPSA) is 64.8 Å². The zero-order valence-electron chi connectivity index (χ0n) is 15.4. The summed E-state index contributed by atoms with van der Waals surface area (Å²) >= 11 is 3.34. The fraction of sp³-hybridized carbons (Fsp3) is 0.300. The zero-order chi connectivity index (χ0) is 19.6.